The van der Waals surface area contributed by atoms with Crippen molar-refractivity contribution in [3.05, 3.63) is 40.8 Å². The number of amides is 1. The van der Waals surface area contributed by atoms with Crippen LogP contribution in [0.2, 0.25) is 0 Å². The van der Waals surface area contributed by atoms with E-state index in [0.29, 0.717) is 29.7 Å². The van der Waals surface area contributed by atoms with Gasteiger partial charge in [-0.05, 0) is 17.9 Å². The molecule has 36 heavy (non-hydrogen) atoms. The Morgan fingerprint density at radius 2 is 1.83 bits per heavy atom. The van der Waals surface area contributed by atoms with Gasteiger partial charge in [-0.25, -0.2) is 14.3 Å². The number of methoxy groups -OCH3 is 2. The molecule has 4 heterocycles. The molecule has 1 aliphatic rings. The summed E-state index contributed by atoms with van der Waals surface area (Å²) in [6, 6.07) is 1.36. The Bertz CT molecular complexity index is 1380. The SMILES string of the molecule is COc1nc(OC)c(F)c(C#Cc2cc(C3CCN(C(=O)O)C3C(C)(C)C)n3ncnc(N)c23)c1F. The molecular formula is C24H26F2N6O4. The number of anilines is 1. The van der Waals surface area contributed by atoms with Gasteiger partial charge in [0.25, 0.3) is 11.8 Å². The number of ether oxygens (including phenoxy) is 2. The number of nitrogen functional groups attached to an aromatic ring is 1. The van der Waals surface area contributed by atoms with Crippen molar-refractivity contribution in [1.29, 1.82) is 0 Å². The monoisotopic (exact) mass is 500 g/mol. The van der Waals surface area contributed by atoms with Gasteiger partial charge in [-0.1, -0.05) is 32.6 Å². The topological polar surface area (TPSA) is 128 Å². The zero-order valence-electron chi connectivity index (χ0n) is 20.5. The summed E-state index contributed by atoms with van der Waals surface area (Å²) in [5.41, 5.74) is 6.54. The second-order valence-electron chi connectivity index (χ2n) is 9.45. The first-order chi connectivity index (χ1) is 17.0. The molecule has 0 saturated carbocycles. The third-order valence-corrected chi connectivity index (χ3v) is 6.25. The number of hydrogen-bond acceptors (Lipinski definition) is 7. The van der Waals surface area contributed by atoms with Gasteiger partial charge in [-0.3, -0.25) is 0 Å². The van der Waals surface area contributed by atoms with Crippen molar-refractivity contribution in [2.24, 2.45) is 5.41 Å². The molecule has 1 aliphatic heterocycles. The summed E-state index contributed by atoms with van der Waals surface area (Å²) in [5.74, 6) is 2.11. The van der Waals surface area contributed by atoms with Gasteiger partial charge in [-0.15, -0.1) is 0 Å². The van der Waals surface area contributed by atoms with E-state index in [9.17, 15) is 18.7 Å². The van der Waals surface area contributed by atoms with E-state index in [-0.39, 0.29) is 23.2 Å². The first kappa shape index (κ1) is 25.0. The van der Waals surface area contributed by atoms with Crippen LogP contribution in [0.4, 0.5) is 19.4 Å². The van der Waals surface area contributed by atoms with Crippen molar-refractivity contribution in [3.8, 4) is 23.6 Å². The molecule has 0 radical (unpaired) electrons. The predicted molar refractivity (Wildman–Crippen MR) is 126 cm³/mol. The van der Waals surface area contributed by atoms with Crippen molar-refractivity contribution in [2.45, 2.75) is 39.2 Å². The van der Waals surface area contributed by atoms with Gasteiger partial charge in [0.2, 0.25) is 11.6 Å². The van der Waals surface area contributed by atoms with Crippen molar-refractivity contribution in [2.75, 3.05) is 26.5 Å². The molecule has 0 bridgehead atoms. The second kappa shape index (κ2) is 9.14. The molecule has 1 amide bonds. The van der Waals surface area contributed by atoms with Crippen molar-refractivity contribution < 1.29 is 28.2 Å². The second-order valence-corrected chi connectivity index (χ2v) is 9.45. The normalized spacial score (nSPS) is 17.7. The highest BCUT2D eigenvalue weighted by Crippen LogP contribution is 2.43. The van der Waals surface area contributed by atoms with Crippen LogP contribution >= 0.6 is 0 Å². The van der Waals surface area contributed by atoms with Crippen LogP contribution in [0.15, 0.2) is 12.4 Å². The van der Waals surface area contributed by atoms with Gasteiger partial charge in [0, 0.05) is 24.2 Å². The Kier molecular flexibility index (Phi) is 6.34. The summed E-state index contributed by atoms with van der Waals surface area (Å²) in [6.45, 7) is 6.27. The predicted octanol–water partition coefficient (Wildman–Crippen LogP) is 3.28. The van der Waals surface area contributed by atoms with E-state index in [1.807, 2.05) is 20.8 Å². The maximum absolute atomic E-state index is 14.8. The molecule has 0 aliphatic carbocycles. The molecular weight excluding hydrogens is 474 g/mol. The van der Waals surface area contributed by atoms with Gasteiger partial charge < -0.3 is 25.2 Å². The average Bonchev–Trinajstić information content (AvgIpc) is 3.42. The lowest BCUT2D eigenvalue weighted by atomic mass is 9.78. The van der Waals surface area contributed by atoms with E-state index in [1.165, 1.54) is 25.4 Å². The number of rotatable bonds is 3. The highest BCUT2D eigenvalue weighted by atomic mass is 19.1. The number of likely N-dealkylation sites (tertiary alicyclic amines) is 1. The number of halogens is 2. The Morgan fingerprint density at radius 3 is 2.39 bits per heavy atom. The molecule has 4 rings (SSSR count). The lowest BCUT2D eigenvalue weighted by Gasteiger charge is -2.36. The number of carbonyl (C=O) groups is 1. The fourth-order valence-electron chi connectivity index (χ4n) is 4.85. The van der Waals surface area contributed by atoms with Crippen molar-refractivity contribution in [3.63, 3.8) is 0 Å². The lowest BCUT2D eigenvalue weighted by Crippen LogP contribution is -2.45. The maximum Gasteiger partial charge on any atom is 0.407 e. The van der Waals surface area contributed by atoms with Crippen LogP contribution in [0.1, 0.15) is 49.9 Å². The van der Waals surface area contributed by atoms with E-state index in [0.717, 1.165) is 0 Å². The summed E-state index contributed by atoms with van der Waals surface area (Å²) in [6.07, 6.45) is 0.842. The average molecular weight is 501 g/mol. The summed E-state index contributed by atoms with van der Waals surface area (Å²) >= 11 is 0. The molecule has 2 unspecified atom stereocenters. The number of fused-ring (bicyclic) bond motifs is 1. The largest absolute Gasteiger partial charge is 0.479 e. The molecule has 1 fully saturated rings. The van der Waals surface area contributed by atoms with Gasteiger partial charge in [0.15, 0.2) is 5.82 Å². The van der Waals surface area contributed by atoms with Crippen molar-refractivity contribution in [1.82, 2.24) is 24.5 Å². The first-order valence-corrected chi connectivity index (χ1v) is 11.1. The number of carboxylic acid groups (broad SMARTS) is 1. The number of aromatic nitrogens is 4. The summed E-state index contributed by atoms with van der Waals surface area (Å²) < 4.78 is 40.9. The fraction of sp³-hybridized carbons (Fsp3) is 0.417. The smallest absolute Gasteiger partial charge is 0.407 e. The Labute approximate surface area is 206 Å². The lowest BCUT2D eigenvalue weighted by molar-refractivity contribution is 0.101. The van der Waals surface area contributed by atoms with Crippen LogP contribution in [0, 0.1) is 28.9 Å². The van der Waals surface area contributed by atoms with Gasteiger partial charge >= 0.3 is 6.09 Å². The molecule has 0 spiro atoms. The minimum absolute atomic E-state index is 0.117. The highest BCUT2D eigenvalue weighted by Gasteiger charge is 2.46. The van der Waals surface area contributed by atoms with E-state index in [4.69, 9.17) is 15.2 Å². The highest BCUT2D eigenvalue weighted by molar-refractivity contribution is 5.76. The molecule has 12 heteroatoms. The minimum atomic E-state index is -1.07. The molecule has 3 aromatic rings. The molecule has 0 aromatic carbocycles. The van der Waals surface area contributed by atoms with Crippen LogP contribution in [0.3, 0.4) is 0 Å². The van der Waals surface area contributed by atoms with Crippen LogP contribution in [-0.2, 0) is 0 Å². The molecule has 190 valence electrons. The Hall–Kier alpha value is -4.14. The quantitative estimate of drug-likeness (QED) is 0.525. The summed E-state index contributed by atoms with van der Waals surface area (Å²) in [4.78, 5) is 21.0. The van der Waals surface area contributed by atoms with E-state index >= 15 is 0 Å². The zero-order chi connectivity index (χ0) is 26.4. The molecule has 3 N–H and O–H groups in total. The van der Waals surface area contributed by atoms with Crippen LogP contribution in [0.5, 0.6) is 11.8 Å². The van der Waals surface area contributed by atoms with Crippen molar-refractivity contribution >= 4 is 17.4 Å². The number of pyridine rings is 1. The zero-order valence-corrected chi connectivity index (χ0v) is 20.5. The summed E-state index contributed by atoms with van der Waals surface area (Å²) in [5, 5.41) is 14.1. The Morgan fingerprint density at radius 1 is 1.19 bits per heavy atom. The van der Waals surface area contributed by atoms with Crippen LogP contribution < -0.4 is 15.2 Å². The molecule has 2 atom stereocenters. The molecule has 3 aromatic heterocycles. The summed E-state index contributed by atoms with van der Waals surface area (Å²) in [7, 11) is 2.39. The fourth-order valence-corrected chi connectivity index (χ4v) is 4.85. The van der Waals surface area contributed by atoms with E-state index in [2.05, 4.69) is 26.9 Å². The molecule has 1 saturated heterocycles. The Balaban J connectivity index is 1.90. The number of nitrogens with zero attached hydrogens (tertiary/aromatic N) is 5. The molecule has 10 nitrogen and oxygen atoms in total. The van der Waals surface area contributed by atoms with Gasteiger partial charge in [0.05, 0.1) is 19.8 Å². The van der Waals surface area contributed by atoms with Crippen LogP contribution in [-0.4, -0.2) is 62.5 Å². The van der Waals surface area contributed by atoms with E-state index < -0.39 is 35.1 Å². The third kappa shape index (κ3) is 4.10. The standard InChI is InChI=1S/C24H26F2N6O4/c1-24(2,3)19-13(8-9-31(19)23(33)34)15-10-12(18-20(27)28-11-29-32(15)18)6-7-14-16(25)21(35-4)30-22(36-5)17(14)26/h10-11,13,19H,8-9H2,1-5H3,(H,33,34)(H2,27,28,29). The first-order valence-electron chi connectivity index (χ1n) is 11.1. The minimum Gasteiger partial charge on any atom is -0.479 e. The van der Waals surface area contributed by atoms with E-state index in [1.54, 1.807) is 10.6 Å². The van der Waals surface area contributed by atoms with Gasteiger partial charge in [0.1, 0.15) is 17.4 Å². The number of nitrogens with two attached hydrogens (primary N) is 1. The number of hydrogen-bond donors (Lipinski definition) is 2. The maximum atomic E-state index is 14.8. The van der Waals surface area contributed by atoms with Gasteiger partial charge in [-0.2, -0.15) is 18.9 Å². The van der Waals surface area contributed by atoms with Crippen LogP contribution in [0.25, 0.3) is 5.52 Å². The third-order valence-electron chi connectivity index (χ3n) is 6.25.